The van der Waals surface area contributed by atoms with Gasteiger partial charge in [-0.15, -0.1) is 0 Å². The van der Waals surface area contributed by atoms with Crippen LogP contribution in [-0.4, -0.2) is 44.4 Å². The van der Waals surface area contributed by atoms with Crippen LogP contribution in [0.2, 0.25) is 0 Å². The van der Waals surface area contributed by atoms with Gasteiger partial charge in [0.05, 0.1) is 0 Å². The molecule has 0 aromatic carbocycles. The maximum absolute atomic E-state index is 5.68. The number of piperidine rings is 1. The molecule has 3 heteroatoms. The summed E-state index contributed by atoms with van der Waals surface area (Å²) in [5.41, 5.74) is 0. The van der Waals surface area contributed by atoms with E-state index in [-0.39, 0.29) is 0 Å². The SMILES string of the molecule is CN1CCC(CC2NCCCO2)CC1. The molecule has 1 N–H and O–H groups in total. The van der Waals surface area contributed by atoms with Crippen LogP contribution in [0.5, 0.6) is 0 Å². The standard InChI is InChI=1S/C11H22N2O/c1-13-6-3-10(4-7-13)9-11-12-5-2-8-14-11/h10-12H,2-9H2,1H3. The molecule has 0 aliphatic carbocycles. The molecular formula is C11H22N2O. The molecule has 1 unspecified atom stereocenters. The number of hydrogen-bond acceptors (Lipinski definition) is 3. The van der Waals surface area contributed by atoms with Crippen LogP contribution in [0.4, 0.5) is 0 Å². The number of hydrogen-bond donors (Lipinski definition) is 1. The normalized spacial score (nSPS) is 31.9. The van der Waals surface area contributed by atoms with Crippen LogP contribution < -0.4 is 5.32 Å². The first-order valence-corrected chi connectivity index (χ1v) is 5.88. The Kier molecular flexibility index (Phi) is 3.79. The van der Waals surface area contributed by atoms with Gasteiger partial charge in [-0.2, -0.15) is 0 Å². The summed E-state index contributed by atoms with van der Waals surface area (Å²) in [6.45, 7) is 4.61. The molecule has 2 aliphatic rings. The van der Waals surface area contributed by atoms with Crippen LogP contribution in [0.1, 0.15) is 25.7 Å². The summed E-state index contributed by atoms with van der Waals surface area (Å²) in [7, 11) is 2.21. The van der Waals surface area contributed by atoms with E-state index in [2.05, 4.69) is 17.3 Å². The molecular weight excluding hydrogens is 176 g/mol. The van der Waals surface area contributed by atoms with E-state index in [4.69, 9.17) is 4.74 Å². The van der Waals surface area contributed by atoms with Crippen molar-refractivity contribution >= 4 is 0 Å². The van der Waals surface area contributed by atoms with Crippen molar-refractivity contribution in [3.63, 3.8) is 0 Å². The molecule has 14 heavy (non-hydrogen) atoms. The Balaban J connectivity index is 1.68. The lowest BCUT2D eigenvalue weighted by molar-refractivity contribution is -0.0182. The number of nitrogens with one attached hydrogen (secondary N) is 1. The van der Waals surface area contributed by atoms with Gasteiger partial charge in [0.2, 0.25) is 0 Å². The smallest absolute Gasteiger partial charge is 0.108 e. The first-order valence-electron chi connectivity index (χ1n) is 5.88. The van der Waals surface area contributed by atoms with Crippen molar-refractivity contribution in [1.82, 2.24) is 10.2 Å². The summed E-state index contributed by atoms with van der Waals surface area (Å²) in [6, 6.07) is 0. The van der Waals surface area contributed by atoms with Gasteiger partial charge >= 0.3 is 0 Å². The van der Waals surface area contributed by atoms with E-state index in [1.54, 1.807) is 0 Å². The van der Waals surface area contributed by atoms with Gasteiger partial charge in [0.1, 0.15) is 6.23 Å². The molecule has 2 aliphatic heterocycles. The third-order valence-electron chi connectivity index (χ3n) is 3.40. The highest BCUT2D eigenvalue weighted by Gasteiger charge is 2.22. The molecule has 0 bridgehead atoms. The summed E-state index contributed by atoms with van der Waals surface area (Å²) in [4.78, 5) is 2.42. The molecule has 0 aromatic heterocycles. The number of ether oxygens (including phenoxy) is 1. The molecule has 2 rings (SSSR count). The van der Waals surface area contributed by atoms with Gasteiger partial charge in [-0.3, -0.25) is 5.32 Å². The minimum absolute atomic E-state index is 0.345. The first-order chi connectivity index (χ1) is 6.84. The molecule has 2 heterocycles. The Labute approximate surface area is 86.8 Å². The van der Waals surface area contributed by atoms with Gasteiger partial charge in [-0.25, -0.2) is 0 Å². The summed E-state index contributed by atoms with van der Waals surface area (Å²) in [5, 5.41) is 3.44. The van der Waals surface area contributed by atoms with Gasteiger partial charge < -0.3 is 9.64 Å². The molecule has 0 aromatic rings. The molecule has 2 fully saturated rings. The van der Waals surface area contributed by atoms with Crippen molar-refractivity contribution in [2.45, 2.75) is 31.9 Å². The summed E-state index contributed by atoms with van der Waals surface area (Å²) >= 11 is 0. The molecule has 2 saturated heterocycles. The van der Waals surface area contributed by atoms with E-state index in [9.17, 15) is 0 Å². The molecule has 1 atom stereocenters. The predicted octanol–water partition coefficient (Wildman–Crippen LogP) is 1.05. The van der Waals surface area contributed by atoms with E-state index < -0.39 is 0 Å². The highest BCUT2D eigenvalue weighted by molar-refractivity contribution is 4.74. The molecule has 0 radical (unpaired) electrons. The number of likely N-dealkylation sites (tertiary alicyclic amines) is 1. The van der Waals surface area contributed by atoms with Crippen molar-refractivity contribution in [1.29, 1.82) is 0 Å². The maximum Gasteiger partial charge on any atom is 0.108 e. The zero-order valence-electron chi connectivity index (χ0n) is 9.17. The van der Waals surface area contributed by atoms with Crippen LogP contribution in [0.25, 0.3) is 0 Å². The van der Waals surface area contributed by atoms with Crippen LogP contribution in [0, 0.1) is 5.92 Å². The lowest BCUT2D eigenvalue weighted by Gasteiger charge is -2.33. The zero-order chi connectivity index (χ0) is 9.80. The second-order valence-electron chi connectivity index (χ2n) is 4.65. The van der Waals surface area contributed by atoms with E-state index in [0.717, 1.165) is 19.1 Å². The first kappa shape index (κ1) is 10.4. The van der Waals surface area contributed by atoms with E-state index >= 15 is 0 Å². The van der Waals surface area contributed by atoms with Crippen LogP contribution in [0.15, 0.2) is 0 Å². The van der Waals surface area contributed by atoms with Crippen molar-refractivity contribution < 1.29 is 4.74 Å². The highest BCUT2D eigenvalue weighted by atomic mass is 16.5. The third kappa shape index (κ3) is 2.94. The van der Waals surface area contributed by atoms with Gasteiger partial charge in [-0.1, -0.05) is 0 Å². The molecule has 82 valence electrons. The Bertz CT molecular complexity index is 161. The molecule has 0 spiro atoms. The Morgan fingerprint density at radius 2 is 2.14 bits per heavy atom. The zero-order valence-corrected chi connectivity index (χ0v) is 9.17. The molecule has 0 saturated carbocycles. The summed E-state index contributed by atoms with van der Waals surface area (Å²) in [6.07, 6.45) is 5.42. The Morgan fingerprint density at radius 1 is 1.36 bits per heavy atom. The fraction of sp³-hybridized carbons (Fsp3) is 1.00. The summed E-state index contributed by atoms with van der Waals surface area (Å²) < 4.78 is 5.68. The van der Waals surface area contributed by atoms with Crippen molar-refractivity contribution in [2.24, 2.45) is 5.92 Å². The van der Waals surface area contributed by atoms with Crippen molar-refractivity contribution in [3.8, 4) is 0 Å². The van der Waals surface area contributed by atoms with Crippen LogP contribution in [0.3, 0.4) is 0 Å². The largest absolute Gasteiger partial charge is 0.363 e. The Morgan fingerprint density at radius 3 is 2.79 bits per heavy atom. The molecule has 0 amide bonds. The lowest BCUT2D eigenvalue weighted by Crippen LogP contribution is -2.41. The van der Waals surface area contributed by atoms with Crippen molar-refractivity contribution in [3.05, 3.63) is 0 Å². The average molecular weight is 198 g/mol. The van der Waals surface area contributed by atoms with E-state index in [1.165, 1.54) is 38.8 Å². The van der Waals surface area contributed by atoms with E-state index in [1.807, 2.05) is 0 Å². The highest BCUT2D eigenvalue weighted by Crippen LogP contribution is 2.22. The fourth-order valence-electron chi connectivity index (χ4n) is 2.37. The second kappa shape index (κ2) is 5.10. The van der Waals surface area contributed by atoms with Crippen LogP contribution >= 0.6 is 0 Å². The quantitative estimate of drug-likeness (QED) is 0.718. The Hall–Kier alpha value is -0.120. The maximum atomic E-state index is 5.68. The van der Waals surface area contributed by atoms with Gasteiger partial charge in [0, 0.05) is 6.61 Å². The number of nitrogens with zero attached hydrogens (tertiary/aromatic N) is 1. The minimum Gasteiger partial charge on any atom is -0.363 e. The fourth-order valence-corrected chi connectivity index (χ4v) is 2.37. The van der Waals surface area contributed by atoms with Gasteiger partial charge in [-0.05, 0) is 58.3 Å². The van der Waals surface area contributed by atoms with Gasteiger partial charge in [0.15, 0.2) is 0 Å². The monoisotopic (exact) mass is 198 g/mol. The van der Waals surface area contributed by atoms with Crippen LogP contribution in [-0.2, 0) is 4.74 Å². The predicted molar refractivity (Wildman–Crippen MR) is 57.2 cm³/mol. The van der Waals surface area contributed by atoms with Crippen molar-refractivity contribution in [2.75, 3.05) is 33.3 Å². The second-order valence-corrected chi connectivity index (χ2v) is 4.65. The lowest BCUT2D eigenvalue weighted by atomic mass is 9.93. The summed E-state index contributed by atoms with van der Waals surface area (Å²) in [5.74, 6) is 0.877. The molecule has 3 nitrogen and oxygen atoms in total. The minimum atomic E-state index is 0.345. The van der Waals surface area contributed by atoms with Gasteiger partial charge in [0.25, 0.3) is 0 Å². The van der Waals surface area contributed by atoms with E-state index in [0.29, 0.717) is 6.23 Å². The topological polar surface area (TPSA) is 24.5 Å². The average Bonchev–Trinajstić information content (AvgIpc) is 2.23. The third-order valence-corrected chi connectivity index (χ3v) is 3.40. The number of rotatable bonds is 2.